The topological polar surface area (TPSA) is 171 Å². The third-order valence-electron chi connectivity index (χ3n) is 5.97. The number of ether oxygens (including phenoxy) is 1. The number of amides is 2. The monoisotopic (exact) mass is 521 g/mol. The number of nitrogens with zero attached hydrogens (tertiary/aromatic N) is 6. The van der Waals surface area contributed by atoms with Crippen LogP contribution in [0.1, 0.15) is 35.3 Å². The molecule has 1 aliphatic heterocycles. The van der Waals surface area contributed by atoms with Crippen molar-refractivity contribution in [2.24, 2.45) is 21.2 Å². The molecule has 0 spiro atoms. The molecule has 13 nitrogen and oxygen atoms in total. The van der Waals surface area contributed by atoms with E-state index in [0.717, 1.165) is 11.3 Å². The molecule has 1 saturated heterocycles. The van der Waals surface area contributed by atoms with Crippen LogP contribution >= 0.6 is 0 Å². The van der Waals surface area contributed by atoms with E-state index in [1.54, 1.807) is 42.8 Å². The van der Waals surface area contributed by atoms with E-state index in [0.29, 0.717) is 42.0 Å². The number of nitrogens with two attached hydrogens (primary N) is 1. The first kappa shape index (κ1) is 26.5. The van der Waals surface area contributed by atoms with Crippen LogP contribution in [-0.4, -0.2) is 75.8 Å². The molecule has 0 unspecified atom stereocenters. The highest BCUT2D eigenvalue weighted by Gasteiger charge is 2.31. The molecule has 3 heterocycles. The van der Waals surface area contributed by atoms with E-state index >= 15 is 0 Å². The molecule has 5 N–H and O–H groups in total. The first-order valence-corrected chi connectivity index (χ1v) is 12.0. The number of pyridine rings is 1. The van der Waals surface area contributed by atoms with Gasteiger partial charge in [-0.15, -0.1) is 5.11 Å². The number of fused-ring (bicyclic) bond motifs is 1. The minimum absolute atomic E-state index is 0.172. The second kappa shape index (κ2) is 10.8. The Bertz CT molecular complexity index is 1400. The van der Waals surface area contributed by atoms with Crippen molar-refractivity contribution in [2.45, 2.75) is 32.4 Å². The van der Waals surface area contributed by atoms with E-state index < -0.39 is 11.7 Å². The number of aryl methyl sites for hydroxylation is 1. The average molecular weight is 522 g/mol. The van der Waals surface area contributed by atoms with Gasteiger partial charge >= 0.3 is 6.09 Å². The molecule has 1 aliphatic rings. The van der Waals surface area contributed by atoms with E-state index in [4.69, 9.17) is 5.84 Å². The number of carbonyl (C=O) groups excluding carboxylic acids is 2. The maximum Gasteiger partial charge on any atom is 0.409 e. The number of hydrogen-bond acceptors (Lipinski definition) is 9. The lowest BCUT2D eigenvalue weighted by Crippen LogP contribution is -2.52. The molecule has 3 aromatic rings. The maximum absolute atomic E-state index is 13.2. The number of anilines is 2. The predicted octanol–water partition coefficient (Wildman–Crippen LogP) is 2.60. The molecule has 38 heavy (non-hydrogen) atoms. The number of carbonyl (C=O) groups is 2. The molecular weight excluding hydrogens is 490 g/mol. The Morgan fingerprint density at radius 2 is 2.03 bits per heavy atom. The minimum Gasteiger partial charge on any atom is -0.453 e. The van der Waals surface area contributed by atoms with E-state index in [2.05, 4.69) is 35.8 Å². The lowest BCUT2D eigenvalue weighted by Gasteiger charge is -2.34. The van der Waals surface area contributed by atoms with Crippen molar-refractivity contribution >= 4 is 34.7 Å². The third-order valence-corrected chi connectivity index (χ3v) is 5.97. The van der Waals surface area contributed by atoms with E-state index in [-0.39, 0.29) is 17.8 Å². The number of methoxy groups -OCH3 is 1. The van der Waals surface area contributed by atoms with Crippen LogP contribution in [0.25, 0.3) is 5.52 Å². The van der Waals surface area contributed by atoms with Gasteiger partial charge in [-0.05, 0) is 44.5 Å². The van der Waals surface area contributed by atoms with Gasteiger partial charge in [0.05, 0.1) is 43.1 Å². The number of likely N-dealkylation sites (tertiary alicyclic amines) is 1. The fourth-order valence-electron chi connectivity index (χ4n) is 3.77. The molecule has 2 aromatic heterocycles. The van der Waals surface area contributed by atoms with Gasteiger partial charge in [0.2, 0.25) is 0 Å². The van der Waals surface area contributed by atoms with Crippen molar-refractivity contribution in [3.8, 4) is 0 Å². The van der Waals surface area contributed by atoms with Crippen LogP contribution in [0.4, 0.5) is 16.2 Å². The zero-order valence-electron chi connectivity index (χ0n) is 21.7. The molecule has 4 rings (SSSR count). The molecule has 200 valence electrons. The third kappa shape index (κ3) is 6.06. The van der Waals surface area contributed by atoms with Crippen LogP contribution < -0.4 is 16.5 Å². The van der Waals surface area contributed by atoms with Gasteiger partial charge in [0.15, 0.2) is 5.84 Å². The Hall–Kier alpha value is -4.52. The maximum atomic E-state index is 13.2. The van der Waals surface area contributed by atoms with Crippen molar-refractivity contribution in [3.63, 3.8) is 0 Å². The standard InChI is InChI=1S/C25H31N9O4/c1-15-5-6-16(22(30-26)32-31-18-12-33(13-18)24(36)38-4)9-20(15)29-23(35)19-11-28-34-8-7-17(10-21(19)34)27-14-25(2,3)37/h5-11,18,27,37H,12-14,26H2,1-4H3,(H,29,35)/b30-22-,32-31?. The first-order chi connectivity index (χ1) is 18.1. The van der Waals surface area contributed by atoms with Gasteiger partial charge in [-0.3, -0.25) is 4.79 Å². The summed E-state index contributed by atoms with van der Waals surface area (Å²) in [5.74, 6) is 5.42. The summed E-state index contributed by atoms with van der Waals surface area (Å²) in [6.07, 6.45) is 2.84. The molecule has 0 saturated carbocycles. The molecule has 13 heteroatoms. The number of azo groups is 1. The van der Waals surface area contributed by atoms with Gasteiger partial charge in [0, 0.05) is 29.7 Å². The molecule has 0 atom stereocenters. The number of nitrogens with one attached hydrogen (secondary N) is 2. The molecule has 0 radical (unpaired) electrons. The summed E-state index contributed by atoms with van der Waals surface area (Å²) in [6, 6.07) is 8.78. The highest BCUT2D eigenvalue weighted by molar-refractivity contribution is 6.10. The summed E-state index contributed by atoms with van der Waals surface area (Å²) in [6.45, 7) is 6.43. The normalized spacial score (nSPS) is 14.6. The van der Waals surface area contributed by atoms with Gasteiger partial charge in [-0.25, -0.2) is 9.31 Å². The zero-order valence-corrected chi connectivity index (χ0v) is 21.7. The predicted molar refractivity (Wildman–Crippen MR) is 142 cm³/mol. The number of hydrogen-bond donors (Lipinski definition) is 4. The summed E-state index contributed by atoms with van der Waals surface area (Å²) < 4.78 is 6.28. The zero-order chi connectivity index (χ0) is 27.4. The molecule has 2 amide bonds. The molecular formula is C25H31N9O4. The van der Waals surface area contributed by atoms with Gasteiger partial charge in [-0.1, -0.05) is 12.1 Å². The van der Waals surface area contributed by atoms with Gasteiger partial charge in [-0.2, -0.15) is 15.3 Å². The van der Waals surface area contributed by atoms with Crippen LogP contribution in [0.5, 0.6) is 0 Å². The van der Waals surface area contributed by atoms with Crippen molar-refractivity contribution in [3.05, 3.63) is 59.4 Å². The van der Waals surface area contributed by atoms with Crippen molar-refractivity contribution in [2.75, 3.05) is 37.4 Å². The van der Waals surface area contributed by atoms with E-state index in [9.17, 15) is 14.7 Å². The van der Waals surface area contributed by atoms with Gasteiger partial charge < -0.3 is 31.2 Å². The summed E-state index contributed by atoms with van der Waals surface area (Å²) in [5.41, 5.74) is 2.81. The lowest BCUT2D eigenvalue weighted by atomic mass is 10.1. The summed E-state index contributed by atoms with van der Waals surface area (Å²) in [5, 5.41) is 32.5. The van der Waals surface area contributed by atoms with Crippen molar-refractivity contribution in [1.29, 1.82) is 0 Å². The van der Waals surface area contributed by atoms with Gasteiger partial charge in [0.25, 0.3) is 5.91 Å². The Morgan fingerprint density at radius 1 is 1.26 bits per heavy atom. The first-order valence-electron chi connectivity index (χ1n) is 12.0. The highest BCUT2D eigenvalue weighted by Crippen LogP contribution is 2.22. The van der Waals surface area contributed by atoms with Crippen LogP contribution in [0.15, 0.2) is 58.1 Å². The second-order valence-corrected chi connectivity index (χ2v) is 9.65. The fraction of sp³-hybridized carbons (Fsp3) is 0.360. The van der Waals surface area contributed by atoms with Crippen LogP contribution in [-0.2, 0) is 4.74 Å². The minimum atomic E-state index is -0.887. The Balaban J connectivity index is 1.48. The Kier molecular flexibility index (Phi) is 7.57. The summed E-state index contributed by atoms with van der Waals surface area (Å²) in [7, 11) is 1.33. The summed E-state index contributed by atoms with van der Waals surface area (Å²) >= 11 is 0. The number of aliphatic hydroxyl groups is 1. The van der Waals surface area contributed by atoms with E-state index in [1.165, 1.54) is 18.2 Å². The van der Waals surface area contributed by atoms with Crippen molar-refractivity contribution in [1.82, 2.24) is 14.5 Å². The van der Waals surface area contributed by atoms with Gasteiger partial charge in [0.1, 0.15) is 6.04 Å². The smallest absolute Gasteiger partial charge is 0.409 e. The highest BCUT2D eigenvalue weighted by atomic mass is 16.5. The second-order valence-electron chi connectivity index (χ2n) is 9.65. The largest absolute Gasteiger partial charge is 0.453 e. The SMILES string of the molecule is COC(=O)N1CC(N=N/C(=N\N)c2ccc(C)c(NC(=O)c3cnn4ccc(NCC(C)(C)O)cc34)c2)C1. The molecule has 0 bridgehead atoms. The number of hydrazone groups is 1. The number of rotatable bonds is 7. The lowest BCUT2D eigenvalue weighted by molar-refractivity contribution is 0.0884. The number of benzene rings is 1. The fourth-order valence-corrected chi connectivity index (χ4v) is 3.77. The van der Waals surface area contributed by atoms with Crippen molar-refractivity contribution < 1.29 is 19.4 Å². The molecule has 1 aromatic carbocycles. The van der Waals surface area contributed by atoms with E-state index in [1.807, 2.05) is 19.1 Å². The van der Waals surface area contributed by atoms with Crippen LogP contribution in [0, 0.1) is 6.92 Å². The average Bonchev–Trinajstić information content (AvgIpc) is 3.28. The molecule has 0 aliphatic carbocycles. The Labute approximate surface area is 219 Å². The molecule has 1 fully saturated rings. The number of aromatic nitrogens is 2. The van der Waals surface area contributed by atoms with Crippen LogP contribution in [0.2, 0.25) is 0 Å². The van der Waals surface area contributed by atoms with Crippen LogP contribution in [0.3, 0.4) is 0 Å². The Morgan fingerprint density at radius 3 is 2.71 bits per heavy atom. The number of amidine groups is 1. The summed E-state index contributed by atoms with van der Waals surface area (Å²) in [4.78, 5) is 26.2. The quantitative estimate of drug-likeness (QED) is 0.122.